The number of hydrogen-bond acceptors (Lipinski definition) is 3. The molecule has 2 aromatic rings. The van der Waals surface area contributed by atoms with Crippen molar-refractivity contribution < 1.29 is 49.7 Å². The Morgan fingerprint density at radius 1 is 0.839 bits per heavy atom. The summed E-state index contributed by atoms with van der Waals surface area (Å²) in [4.78, 5) is 11.3. The van der Waals surface area contributed by atoms with E-state index in [9.17, 15) is 31.1 Å². The number of aromatic amines is 2. The molecule has 0 unspecified atom stereocenters. The first kappa shape index (κ1) is 27.3. The molecular formula is C19H23F6N4OV-. The van der Waals surface area contributed by atoms with E-state index in [1.165, 1.54) is 0 Å². The Kier molecular flexibility index (Phi) is 7.32. The number of carbonyl (C=O) groups is 1. The minimum absolute atomic E-state index is 0. The van der Waals surface area contributed by atoms with Crippen LogP contribution in [0.15, 0.2) is 0 Å². The topological polar surface area (TPSA) is 74.4 Å². The van der Waals surface area contributed by atoms with Crippen LogP contribution in [0.5, 0.6) is 0 Å². The van der Waals surface area contributed by atoms with E-state index in [0.717, 1.165) is 12.8 Å². The fourth-order valence-electron chi connectivity index (χ4n) is 4.34. The third kappa shape index (κ3) is 4.18. The van der Waals surface area contributed by atoms with Crippen molar-refractivity contribution >= 4 is 5.78 Å². The largest absolute Gasteiger partial charge is 0.435 e. The molecule has 4 aliphatic rings. The first-order valence-electron chi connectivity index (χ1n) is 8.41. The number of fused-ring (bicyclic) bond motifs is 6. The van der Waals surface area contributed by atoms with Gasteiger partial charge in [0, 0.05) is 41.3 Å². The van der Waals surface area contributed by atoms with E-state index >= 15 is 0 Å². The van der Waals surface area contributed by atoms with Crippen LogP contribution in [0.25, 0.3) is 0 Å². The molecule has 0 saturated heterocycles. The average Bonchev–Trinajstić information content (AvgIpc) is 3.27. The molecule has 0 spiro atoms. The molecule has 31 heavy (non-hydrogen) atoms. The van der Waals surface area contributed by atoms with Crippen molar-refractivity contribution in [1.82, 2.24) is 20.4 Å². The van der Waals surface area contributed by atoms with E-state index in [1.807, 2.05) is 5.10 Å². The predicted octanol–water partition coefficient (Wildman–Crippen LogP) is 5.54. The van der Waals surface area contributed by atoms with Gasteiger partial charge in [-0.2, -0.15) is 36.5 Å². The van der Waals surface area contributed by atoms with E-state index < -0.39 is 23.7 Å². The van der Waals surface area contributed by atoms with Gasteiger partial charge >= 0.3 is 12.4 Å². The minimum atomic E-state index is -4.43. The standard InChI is InChI=1S/C8H5F3N2O.C8H7F3N2.2CH4.CH3.V/c9-8(10,11)7-4-2-1-3(2)6(14)5(4)12-13-7;9-8(10,11)7-6-4-1-3(4)2-5(6)12-13-7;;;;/h2-3H,1H2,(H,12,13);3-4H,1-2H2,(H,12,13);2*1H4;1H3;/q;;;;-1;/t2-,3+;3-,4-;;;;/m00..../s1. The Labute approximate surface area is 187 Å². The predicted molar refractivity (Wildman–Crippen MR) is 96.8 cm³/mol. The number of H-pyrrole nitrogens is 2. The Balaban J connectivity index is 0.000000275. The number of carbonyl (C=O) groups excluding carboxylic acids is 1. The van der Waals surface area contributed by atoms with Crippen molar-refractivity contribution in [1.29, 1.82) is 0 Å². The molecule has 0 amide bonds. The number of Topliss-reactive ketones (excluding diaryl/α,β-unsaturated/α-hetero) is 1. The molecule has 1 radical (unpaired) electrons. The van der Waals surface area contributed by atoms with Gasteiger partial charge in [0.25, 0.3) is 0 Å². The smallest absolute Gasteiger partial charge is 0.358 e. The molecule has 4 atom stereocenters. The Morgan fingerprint density at radius 3 is 2.06 bits per heavy atom. The van der Waals surface area contributed by atoms with E-state index in [-0.39, 0.29) is 75.6 Å². The molecule has 2 aromatic heterocycles. The number of halogens is 6. The summed E-state index contributed by atoms with van der Waals surface area (Å²) in [6, 6.07) is 0. The zero-order valence-corrected chi connectivity index (χ0v) is 16.3. The van der Waals surface area contributed by atoms with Crippen LogP contribution in [0, 0.1) is 19.3 Å². The molecular weight excluding hydrogens is 465 g/mol. The van der Waals surface area contributed by atoms with E-state index in [4.69, 9.17) is 0 Å². The molecule has 2 fully saturated rings. The number of ketones is 1. The molecule has 2 N–H and O–H groups in total. The Bertz CT molecular complexity index is 964. The van der Waals surface area contributed by atoms with Crippen molar-refractivity contribution in [3.8, 4) is 0 Å². The molecule has 0 aliphatic heterocycles. The van der Waals surface area contributed by atoms with Gasteiger partial charge in [-0.1, -0.05) is 14.9 Å². The summed E-state index contributed by atoms with van der Waals surface area (Å²) in [5, 5.41) is 11.2. The molecule has 12 heteroatoms. The van der Waals surface area contributed by atoms with Gasteiger partial charge in [-0.05, 0) is 37.0 Å². The molecule has 0 bridgehead atoms. The number of nitrogens with one attached hydrogen (secondary N) is 2. The van der Waals surface area contributed by atoms with Crippen LogP contribution >= 0.6 is 0 Å². The normalized spacial score (nSPS) is 25.7. The van der Waals surface area contributed by atoms with Gasteiger partial charge in [0.05, 0.1) is 0 Å². The van der Waals surface area contributed by atoms with Crippen molar-refractivity contribution in [3.05, 3.63) is 41.3 Å². The maximum absolute atomic E-state index is 12.4. The quantitative estimate of drug-likeness (QED) is 0.378. The second kappa shape index (κ2) is 8.31. The zero-order chi connectivity index (χ0) is 19.3. The van der Waals surface area contributed by atoms with Crippen LogP contribution in [-0.2, 0) is 37.3 Å². The van der Waals surface area contributed by atoms with Crippen LogP contribution < -0.4 is 0 Å². The van der Waals surface area contributed by atoms with Crippen LogP contribution in [0.2, 0.25) is 0 Å². The first-order chi connectivity index (χ1) is 12.6. The third-order valence-corrected chi connectivity index (χ3v) is 5.73. The number of hydrogen-bond donors (Lipinski definition) is 2. The summed E-state index contributed by atoms with van der Waals surface area (Å²) in [6.45, 7) is 0. The van der Waals surface area contributed by atoms with Gasteiger partial charge in [0.1, 0.15) is 11.4 Å². The third-order valence-electron chi connectivity index (χ3n) is 5.73. The number of aromatic nitrogens is 4. The van der Waals surface area contributed by atoms with Crippen LogP contribution in [0.3, 0.4) is 0 Å². The van der Waals surface area contributed by atoms with Crippen LogP contribution in [0.1, 0.15) is 78.2 Å². The molecule has 2 saturated carbocycles. The molecule has 173 valence electrons. The number of alkyl halides is 6. The molecule has 0 aromatic carbocycles. The van der Waals surface area contributed by atoms with Gasteiger partial charge in [-0.25, -0.2) is 0 Å². The van der Waals surface area contributed by atoms with Gasteiger partial charge in [0.15, 0.2) is 11.5 Å². The van der Waals surface area contributed by atoms with Crippen molar-refractivity contribution in [2.45, 2.75) is 58.3 Å². The Morgan fingerprint density at radius 2 is 1.48 bits per heavy atom. The summed E-state index contributed by atoms with van der Waals surface area (Å²) in [5.74, 6) is -0.0800. The van der Waals surface area contributed by atoms with Crippen molar-refractivity contribution in [3.63, 3.8) is 0 Å². The van der Waals surface area contributed by atoms with Crippen LogP contribution in [0.4, 0.5) is 26.3 Å². The monoisotopic (exact) mass is 488 g/mol. The summed E-state index contributed by atoms with van der Waals surface area (Å²) < 4.78 is 74.4. The van der Waals surface area contributed by atoms with Crippen molar-refractivity contribution in [2.24, 2.45) is 11.8 Å². The second-order valence-corrected chi connectivity index (χ2v) is 7.44. The van der Waals surface area contributed by atoms with Gasteiger partial charge in [-0.15, -0.1) is 0 Å². The summed E-state index contributed by atoms with van der Waals surface area (Å²) in [7, 11) is 0. The summed E-state index contributed by atoms with van der Waals surface area (Å²) >= 11 is 0. The fourth-order valence-corrected chi connectivity index (χ4v) is 4.34. The molecule has 4 aliphatic carbocycles. The first-order valence-corrected chi connectivity index (χ1v) is 8.41. The average molecular weight is 488 g/mol. The van der Waals surface area contributed by atoms with Gasteiger partial charge in [0.2, 0.25) is 0 Å². The van der Waals surface area contributed by atoms with Crippen LogP contribution in [-0.4, -0.2) is 26.2 Å². The summed E-state index contributed by atoms with van der Waals surface area (Å²) in [6.07, 6.45) is -6.51. The van der Waals surface area contributed by atoms with Gasteiger partial charge in [-0.3, -0.25) is 15.0 Å². The number of rotatable bonds is 0. The maximum Gasteiger partial charge on any atom is 0.435 e. The van der Waals surface area contributed by atoms with E-state index in [0.29, 0.717) is 23.6 Å². The van der Waals surface area contributed by atoms with E-state index in [1.54, 1.807) is 0 Å². The molecule has 6 rings (SSSR count). The fraction of sp³-hybridized carbons (Fsp3) is 0.579. The minimum Gasteiger partial charge on any atom is -0.358 e. The molecule has 5 nitrogen and oxygen atoms in total. The molecule has 2 heterocycles. The van der Waals surface area contributed by atoms with E-state index in [2.05, 4.69) is 15.3 Å². The maximum atomic E-state index is 12.4. The van der Waals surface area contributed by atoms with Gasteiger partial charge < -0.3 is 7.43 Å². The number of nitrogens with zero attached hydrogens (tertiary/aromatic N) is 2. The summed E-state index contributed by atoms with van der Waals surface area (Å²) in [5.41, 5.74) is -0.296. The Hall–Kier alpha value is -1.75. The van der Waals surface area contributed by atoms with Crippen molar-refractivity contribution in [2.75, 3.05) is 0 Å². The zero-order valence-electron chi connectivity index (χ0n) is 14.9. The SMILES string of the molecule is C.C.FC(F)(F)c1n[nH]c2c1[C@H]1C[C@H]1C2.O=C1c2n[nH]c(C(F)(F)F)c2[C@H]2C[C@@H]12.[CH3-].[V]. The second-order valence-electron chi connectivity index (χ2n) is 7.44.